The third-order valence-electron chi connectivity index (χ3n) is 2.97. The molecule has 4 heteroatoms. The number of carbonyl (C=O) groups is 2. The summed E-state index contributed by atoms with van der Waals surface area (Å²) in [5.41, 5.74) is 0.616. The van der Waals surface area contributed by atoms with Crippen LogP contribution in [0.2, 0.25) is 0 Å². The van der Waals surface area contributed by atoms with E-state index in [2.05, 4.69) is 12.2 Å². The Bertz CT molecular complexity index is 417. The number of rotatable bonds is 9. The Morgan fingerprint density at radius 2 is 1.90 bits per heavy atom. The van der Waals surface area contributed by atoms with Crippen LogP contribution in [0.3, 0.4) is 0 Å². The van der Waals surface area contributed by atoms with E-state index in [1.54, 1.807) is 19.1 Å². The first-order valence-electron chi connectivity index (χ1n) is 7.17. The van der Waals surface area contributed by atoms with Gasteiger partial charge >= 0.3 is 5.97 Å². The van der Waals surface area contributed by atoms with E-state index >= 15 is 0 Å². The summed E-state index contributed by atoms with van der Waals surface area (Å²) in [6.45, 7) is 4.90. The van der Waals surface area contributed by atoms with Gasteiger partial charge in [-0.05, 0) is 19.9 Å². The van der Waals surface area contributed by atoms with Gasteiger partial charge in [-0.3, -0.25) is 9.59 Å². The largest absolute Gasteiger partial charge is 0.466 e. The normalized spacial score (nSPS) is 11.9. The molecule has 0 fully saturated rings. The monoisotopic (exact) mass is 277 g/mol. The second kappa shape index (κ2) is 9.26. The molecule has 0 spiro atoms. The Morgan fingerprint density at radius 3 is 2.50 bits per heavy atom. The third-order valence-corrected chi connectivity index (χ3v) is 2.97. The lowest BCUT2D eigenvalue weighted by Crippen LogP contribution is -2.39. The zero-order valence-corrected chi connectivity index (χ0v) is 12.2. The fraction of sp³-hybridized carbons (Fsp3) is 0.500. The Morgan fingerprint density at radius 1 is 1.20 bits per heavy atom. The predicted octanol–water partition coefficient (Wildman–Crippen LogP) is 2.58. The van der Waals surface area contributed by atoms with Gasteiger partial charge in [0.15, 0.2) is 5.78 Å². The van der Waals surface area contributed by atoms with E-state index in [9.17, 15) is 9.59 Å². The second-order valence-corrected chi connectivity index (χ2v) is 4.60. The number of Topliss-reactive ketones (excluding diaryl/α,β-unsaturated/α-hetero) is 1. The fourth-order valence-electron chi connectivity index (χ4n) is 1.90. The van der Waals surface area contributed by atoms with Crippen molar-refractivity contribution in [2.75, 3.05) is 13.2 Å². The van der Waals surface area contributed by atoms with Crippen LogP contribution in [-0.4, -0.2) is 30.9 Å². The molecule has 0 saturated heterocycles. The third kappa shape index (κ3) is 5.53. The molecule has 1 aromatic carbocycles. The molecule has 1 aromatic rings. The molecule has 20 heavy (non-hydrogen) atoms. The van der Waals surface area contributed by atoms with Crippen LogP contribution in [-0.2, 0) is 9.53 Å². The number of esters is 1. The van der Waals surface area contributed by atoms with Crippen molar-refractivity contribution < 1.29 is 14.3 Å². The lowest BCUT2D eigenvalue weighted by Gasteiger charge is -2.17. The van der Waals surface area contributed by atoms with Crippen LogP contribution in [0.1, 0.15) is 43.5 Å². The van der Waals surface area contributed by atoms with Crippen molar-refractivity contribution in [2.45, 2.75) is 39.2 Å². The summed E-state index contributed by atoms with van der Waals surface area (Å²) in [6.07, 6.45) is 2.09. The Labute approximate surface area is 120 Å². The van der Waals surface area contributed by atoms with Gasteiger partial charge < -0.3 is 10.1 Å². The highest BCUT2D eigenvalue weighted by Gasteiger charge is 2.22. The lowest BCUT2D eigenvalue weighted by atomic mass is 10.0. The molecule has 0 amide bonds. The van der Waals surface area contributed by atoms with E-state index in [-0.39, 0.29) is 18.2 Å². The second-order valence-electron chi connectivity index (χ2n) is 4.60. The van der Waals surface area contributed by atoms with Crippen molar-refractivity contribution in [2.24, 2.45) is 0 Å². The Kier molecular flexibility index (Phi) is 7.58. The molecule has 1 rings (SSSR count). The number of carbonyl (C=O) groups excluding carboxylic acids is 2. The average Bonchev–Trinajstić information content (AvgIpc) is 2.47. The van der Waals surface area contributed by atoms with E-state index in [4.69, 9.17) is 4.74 Å². The van der Waals surface area contributed by atoms with Crippen molar-refractivity contribution >= 4 is 11.8 Å². The fourth-order valence-corrected chi connectivity index (χ4v) is 1.90. The molecule has 0 aliphatic heterocycles. The zero-order chi connectivity index (χ0) is 14.8. The molecule has 0 heterocycles. The zero-order valence-electron chi connectivity index (χ0n) is 12.2. The lowest BCUT2D eigenvalue weighted by molar-refractivity contribution is -0.143. The molecule has 0 bridgehead atoms. The van der Waals surface area contributed by atoms with Gasteiger partial charge in [-0.25, -0.2) is 0 Å². The molecule has 4 nitrogen and oxygen atoms in total. The first kappa shape index (κ1) is 16.4. The van der Waals surface area contributed by atoms with Crippen LogP contribution >= 0.6 is 0 Å². The maximum Gasteiger partial charge on any atom is 0.307 e. The first-order valence-corrected chi connectivity index (χ1v) is 7.17. The maximum absolute atomic E-state index is 12.4. The summed E-state index contributed by atoms with van der Waals surface area (Å²) >= 11 is 0. The standard InChI is InChI=1S/C16H23NO3/c1-3-5-11-17-14(12-15(18)20-4-2)16(19)13-9-7-6-8-10-13/h6-10,14,17H,3-5,11-12H2,1-2H3. The summed E-state index contributed by atoms with van der Waals surface area (Å²) < 4.78 is 4.93. The molecule has 0 aliphatic rings. The number of ether oxygens (including phenoxy) is 1. The van der Waals surface area contributed by atoms with E-state index < -0.39 is 6.04 Å². The van der Waals surface area contributed by atoms with Gasteiger partial charge in [-0.15, -0.1) is 0 Å². The minimum atomic E-state index is -0.511. The van der Waals surface area contributed by atoms with Gasteiger partial charge in [-0.1, -0.05) is 43.7 Å². The van der Waals surface area contributed by atoms with Gasteiger partial charge in [0.25, 0.3) is 0 Å². The first-order chi connectivity index (χ1) is 9.69. The minimum absolute atomic E-state index is 0.0604. The van der Waals surface area contributed by atoms with Crippen molar-refractivity contribution in [1.29, 1.82) is 0 Å². The summed E-state index contributed by atoms with van der Waals surface area (Å²) in [7, 11) is 0. The average molecular weight is 277 g/mol. The van der Waals surface area contributed by atoms with Crippen LogP contribution in [0.25, 0.3) is 0 Å². The molecule has 0 saturated carbocycles. The molecule has 0 radical (unpaired) electrons. The van der Waals surface area contributed by atoms with Gasteiger partial charge in [0.05, 0.1) is 19.1 Å². The number of ketones is 1. The van der Waals surface area contributed by atoms with E-state index in [0.717, 1.165) is 19.4 Å². The SMILES string of the molecule is CCCCNC(CC(=O)OCC)C(=O)c1ccccc1. The molecular weight excluding hydrogens is 254 g/mol. The molecule has 0 aromatic heterocycles. The van der Waals surface area contributed by atoms with Crippen LogP contribution in [0.5, 0.6) is 0 Å². The minimum Gasteiger partial charge on any atom is -0.466 e. The van der Waals surface area contributed by atoms with Crippen LogP contribution in [0, 0.1) is 0 Å². The maximum atomic E-state index is 12.4. The number of hydrogen-bond acceptors (Lipinski definition) is 4. The molecule has 1 atom stereocenters. The smallest absolute Gasteiger partial charge is 0.307 e. The van der Waals surface area contributed by atoms with E-state index in [1.165, 1.54) is 0 Å². The highest BCUT2D eigenvalue weighted by molar-refractivity contribution is 6.01. The Balaban J connectivity index is 2.70. The molecule has 0 aliphatic carbocycles. The van der Waals surface area contributed by atoms with Gasteiger partial charge in [0.1, 0.15) is 0 Å². The highest BCUT2D eigenvalue weighted by Crippen LogP contribution is 2.07. The van der Waals surface area contributed by atoms with Crippen molar-refractivity contribution in [3.05, 3.63) is 35.9 Å². The number of hydrogen-bond donors (Lipinski definition) is 1. The number of benzene rings is 1. The molecule has 1 unspecified atom stereocenters. The molecule has 1 N–H and O–H groups in total. The summed E-state index contributed by atoms with van der Waals surface area (Å²) in [5, 5.41) is 3.16. The number of nitrogens with one attached hydrogen (secondary N) is 1. The van der Waals surface area contributed by atoms with E-state index in [0.29, 0.717) is 12.2 Å². The van der Waals surface area contributed by atoms with Gasteiger partial charge in [-0.2, -0.15) is 0 Å². The summed E-state index contributed by atoms with van der Waals surface area (Å²) in [5.74, 6) is -0.402. The van der Waals surface area contributed by atoms with Crippen molar-refractivity contribution in [3.63, 3.8) is 0 Å². The Hall–Kier alpha value is -1.68. The van der Waals surface area contributed by atoms with E-state index in [1.807, 2.05) is 18.2 Å². The highest BCUT2D eigenvalue weighted by atomic mass is 16.5. The molecule has 110 valence electrons. The van der Waals surface area contributed by atoms with Gasteiger partial charge in [0.2, 0.25) is 0 Å². The van der Waals surface area contributed by atoms with Crippen LogP contribution in [0.15, 0.2) is 30.3 Å². The molecular formula is C16H23NO3. The van der Waals surface area contributed by atoms with Crippen LogP contribution in [0.4, 0.5) is 0 Å². The summed E-state index contributed by atoms with van der Waals surface area (Å²) in [6, 6.07) is 8.52. The van der Waals surface area contributed by atoms with Crippen molar-refractivity contribution in [3.8, 4) is 0 Å². The predicted molar refractivity (Wildman–Crippen MR) is 78.7 cm³/mol. The quantitative estimate of drug-likeness (QED) is 0.428. The van der Waals surface area contributed by atoms with Gasteiger partial charge in [0, 0.05) is 5.56 Å². The topological polar surface area (TPSA) is 55.4 Å². The summed E-state index contributed by atoms with van der Waals surface area (Å²) in [4.78, 5) is 24.0. The number of unbranched alkanes of at least 4 members (excludes halogenated alkanes) is 1. The van der Waals surface area contributed by atoms with Crippen molar-refractivity contribution in [1.82, 2.24) is 5.32 Å². The van der Waals surface area contributed by atoms with Crippen LogP contribution < -0.4 is 5.32 Å².